The summed E-state index contributed by atoms with van der Waals surface area (Å²) in [6, 6.07) is 14.9. The fourth-order valence-corrected chi connectivity index (χ4v) is 3.20. The number of likely N-dealkylation sites (tertiary alicyclic amines) is 1. The van der Waals surface area contributed by atoms with E-state index in [1.807, 2.05) is 24.3 Å². The molecule has 2 aromatic rings. The Morgan fingerprint density at radius 3 is 2.82 bits per heavy atom. The average molecular weight is 299 g/mol. The molecule has 3 rings (SSSR count). The third-order valence-electron chi connectivity index (χ3n) is 4.55. The molecule has 0 amide bonds. The summed E-state index contributed by atoms with van der Waals surface area (Å²) in [7, 11) is 0. The van der Waals surface area contributed by atoms with Gasteiger partial charge in [-0.3, -0.25) is 4.90 Å². The van der Waals surface area contributed by atoms with E-state index in [0.29, 0.717) is 19.2 Å². The van der Waals surface area contributed by atoms with Gasteiger partial charge in [0.2, 0.25) is 0 Å². The van der Waals surface area contributed by atoms with E-state index in [1.165, 1.54) is 30.0 Å². The number of piperidine rings is 1. The second-order valence-electron chi connectivity index (χ2n) is 6.31. The first-order valence-corrected chi connectivity index (χ1v) is 8.26. The molecule has 0 aromatic heterocycles. The van der Waals surface area contributed by atoms with Crippen molar-refractivity contribution in [2.75, 3.05) is 19.7 Å². The molecule has 0 unspecified atom stereocenters. The van der Waals surface area contributed by atoms with Gasteiger partial charge in [0.25, 0.3) is 0 Å². The van der Waals surface area contributed by atoms with E-state index in [2.05, 4.69) is 30.0 Å². The summed E-state index contributed by atoms with van der Waals surface area (Å²) >= 11 is 0. The molecular weight excluding hydrogens is 274 g/mol. The summed E-state index contributed by atoms with van der Waals surface area (Å²) < 4.78 is 5.78. The van der Waals surface area contributed by atoms with Gasteiger partial charge in [0.15, 0.2) is 0 Å². The Morgan fingerprint density at radius 2 is 2.00 bits per heavy atom. The van der Waals surface area contributed by atoms with E-state index >= 15 is 0 Å². The second kappa shape index (κ2) is 7.12. The van der Waals surface area contributed by atoms with E-state index in [0.717, 1.165) is 12.3 Å². The van der Waals surface area contributed by atoms with Crippen LogP contribution in [0.4, 0.5) is 0 Å². The van der Waals surface area contributed by atoms with E-state index in [9.17, 15) is 5.11 Å². The van der Waals surface area contributed by atoms with E-state index < -0.39 is 6.10 Å². The molecule has 0 bridgehead atoms. The first kappa shape index (κ1) is 15.3. The van der Waals surface area contributed by atoms with Crippen molar-refractivity contribution in [2.24, 2.45) is 0 Å². The van der Waals surface area contributed by atoms with Crippen LogP contribution in [-0.2, 0) is 0 Å². The minimum absolute atomic E-state index is 0.349. The number of fused-ring (bicyclic) bond motifs is 1. The number of rotatable bonds is 5. The molecule has 2 aromatic carbocycles. The highest BCUT2D eigenvalue weighted by Gasteiger charge is 2.20. The summed E-state index contributed by atoms with van der Waals surface area (Å²) in [5, 5.41) is 12.6. The molecule has 3 nitrogen and oxygen atoms in total. The van der Waals surface area contributed by atoms with E-state index in [-0.39, 0.29) is 0 Å². The van der Waals surface area contributed by atoms with Gasteiger partial charge in [0.1, 0.15) is 18.5 Å². The molecule has 0 aliphatic carbocycles. The van der Waals surface area contributed by atoms with Crippen molar-refractivity contribution in [3.63, 3.8) is 0 Å². The first-order valence-electron chi connectivity index (χ1n) is 8.26. The lowest BCUT2D eigenvalue weighted by atomic mass is 10.0. The minimum atomic E-state index is -0.438. The number of aliphatic hydroxyl groups excluding tert-OH is 1. The topological polar surface area (TPSA) is 32.7 Å². The fraction of sp³-hybridized carbons (Fsp3) is 0.474. The Hall–Kier alpha value is -1.58. The minimum Gasteiger partial charge on any atom is -0.491 e. The van der Waals surface area contributed by atoms with Gasteiger partial charge < -0.3 is 9.84 Å². The largest absolute Gasteiger partial charge is 0.491 e. The van der Waals surface area contributed by atoms with Gasteiger partial charge in [-0.2, -0.15) is 0 Å². The normalized spacial score (nSPS) is 20.9. The van der Waals surface area contributed by atoms with Crippen molar-refractivity contribution in [1.82, 2.24) is 4.90 Å². The van der Waals surface area contributed by atoms with Crippen LogP contribution in [0, 0.1) is 0 Å². The summed E-state index contributed by atoms with van der Waals surface area (Å²) in [4.78, 5) is 2.37. The number of ether oxygens (including phenoxy) is 1. The Labute approximate surface area is 132 Å². The maximum absolute atomic E-state index is 10.2. The molecular formula is C19H25NO2. The second-order valence-corrected chi connectivity index (χ2v) is 6.31. The molecule has 1 aliphatic rings. The van der Waals surface area contributed by atoms with Crippen molar-refractivity contribution in [3.05, 3.63) is 42.5 Å². The van der Waals surface area contributed by atoms with Crippen molar-refractivity contribution < 1.29 is 9.84 Å². The Balaban J connectivity index is 1.54. The molecule has 1 fully saturated rings. The highest BCUT2D eigenvalue weighted by Crippen LogP contribution is 2.21. The Morgan fingerprint density at radius 1 is 1.18 bits per heavy atom. The van der Waals surface area contributed by atoms with Crippen molar-refractivity contribution >= 4 is 10.8 Å². The monoisotopic (exact) mass is 299 g/mol. The maximum Gasteiger partial charge on any atom is 0.120 e. The number of nitrogens with zero attached hydrogens (tertiary/aromatic N) is 1. The molecule has 1 aliphatic heterocycles. The van der Waals surface area contributed by atoms with Gasteiger partial charge in [0.05, 0.1) is 0 Å². The third-order valence-corrected chi connectivity index (χ3v) is 4.55. The summed E-state index contributed by atoms with van der Waals surface area (Å²) in [6.07, 6.45) is 3.34. The standard InChI is InChI=1S/C19H25NO2/c1-15-6-4-5-11-20(15)13-18(21)14-22-19-10-9-16-7-2-3-8-17(16)12-19/h2-3,7-10,12,15,18,21H,4-6,11,13-14H2,1H3/t15-,18-/m0/s1. The zero-order chi connectivity index (χ0) is 15.4. The lowest BCUT2D eigenvalue weighted by Gasteiger charge is -2.34. The van der Waals surface area contributed by atoms with Crippen LogP contribution in [0.3, 0.4) is 0 Å². The van der Waals surface area contributed by atoms with Crippen LogP contribution in [0.15, 0.2) is 42.5 Å². The van der Waals surface area contributed by atoms with Crippen LogP contribution in [-0.4, -0.2) is 41.8 Å². The average Bonchev–Trinajstić information content (AvgIpc) is 2.55. The van der Waals surface area contributed by atoms with Crippen molar-refractivity contribution in [2.45, 2.75) is 38.3 Å². The molecule has 2 atom stereocenters. The van der Waals surface area contributed by atoms with E-state index in [1.54, 1.807) is 0 Å². The molecule has 0 spiro atoms. The first-order chi connectivity index (χ1) is 10.7. The summed E-state index contributed by atoms with van der Waals surface area (Å²) in [5.41, 5.74) is 0. The van der Waals surface area contributed by atoms with Gasteiger partial charge in [-0.15, -0.1) is 0 Å². The quantitative estimate of drug-likeness (QED) is 0.918. The molecule has 118 valence electrons. The zero-order valence-corrected chi connectivity index (χ0v) is 13.2. The predicted molar refractivity (Wildman–Crippen MR) is 90.3 cm³/mol. The predicted octanol–water partition coefficient (Wildman–Crippen LogP) is 3.45. The Kier molecular flexibility index (Phi) is 4.96. The summed E-state index contributed by atoms with van der Waals surface area (Å²) in [6.45, 7) is 4.39. The maximum atomic E-state index is 10.2. The van der Waals surface area contributed by atoms with Crippen LogP contribution in [0.2, 0.25) is 0 Å². The van der Waals surface area contributed by atoms with Gasteiger partial charge in [-0.25, -0.2) is 0 Å². The number of benzene rings is 2. The molecule has 3 heteroatoms. The van der Waals surface area contributed by atoms with Crippen LogP contribution in [0.1, 0.15) is 26.2 Å². The van der Waals surface area contributed by atoms with Gasteiger partial charge in [-0.1, -0.05) is 36.8 Å². The van der Waals surface area contributed by atoms with Crippen LogP contribution in [0.25, 0.3) is 10.8 Å². The Bertz CT molecular complexity index is 613. The number of aliphatic hydroxyl groups is 1. The van der Waals surface area contributed by atoms with Crippen molar-refractivity contribution in [1.29, 1.82) is 0 Å². The van der Waals surface area contributed by atoms with Gasteiger partial charge in [-0.05, 0) is 49.2 Å². The molecule has 1 N–H and O–H groups in total. The SMILES string of the molecule is C[C@H]1CCCCN1C[C@H](O)COc1ccc2ccccc2c1. The molecule has 1 saturated heterocycles. The zero-order valence-electron chi connectivity index (χ0n) is 13.2. The molecule has 0 radical (unpaired) electrons. The fourth-order valence-electron chi connectivity index (χ4n) is 3.20. The number of β-amino-alcohol motifs (C(OH)–C–C–N with tert-alkyl or cyclic N) is 1. The van der Waals surface area contributed by atoms with Crippen LogP contribution < -0.4 is 4.74 Å². The summed E-state index contributed by atoms with van der Waals surface area (Å²) in [5.74, 6) is 0.824. The smallest absolute Gasteiger partial charge is 0.120 e. The highest BCUT2D eigenvalue weighted by molar-refractivity contribution is 5.83. The van der Waals surface area contributed by atoms with Crippen LogP contribution in [0.5, 0.6) is 5.75 Å². The molecule has 1 heterocycles. The van der Waals surface area contributed by atoms with Crippen LogP contribution >= 0.6 is 0 Å². The number of hydrogen-bond donors (Lipinski definition) is 1. The molecule has 0 saturated carbocycles. The van der Waals surface area contributed by atoms with Crippen molar-refractivity contribution in [3.8, 4) is 5.75 Å². The number of hydrogen-bond acceptors (Lipinski definition) is 3. The lowest BCUT2D eigenvalue weighted by Crippen LogP contribution is -2.43. The van der Waals surface area contributed by atoms with Gasteiger partial charge in [0, 0.05) is 12.6 Å². The molecule has 22 heavy (non-hydrogen) atoms. The van der Waals surface area contributed by atoms with Gasteiger partial charge >= 0.3 is 0 Å². The third kappa shape index (κ3) is 3.79. The lowest BCUT2D eigenvalue weighted by molar-refractivity contribution is 0.0438. The van der Waals surface area contributed by atoms with E-state index in [4.69, 9.17) is 4.74 Å². The highest BCUT2D eigenvalue weighted by atomic mass is 16.5.